The number of benzene rings is 2. The van der Waals surface area contributed by atoms with Crippen LogP contribution >= 0.6 is 0 Å². The average Bonchev–Trinajstić information content (AvgIpc) is 2.50. The van der Waals surface area contributed by atoms with Crippen molar-refractivity contribution >= 4 is 5.57 Å². The summed E-state index contributed by atoms with van der Waals surface area (Å²) in [4.78, 5) is 0. The predicted molar refractivity (Wildman–Crippen MR) is 85.9 cm³/mol. The van der Waals surface area contributed by atoms with Crippen LogP contribution in [-0.4, -0.2) is 0 Å². The number of para-hydroxylation sites is 1. The molecule has 0 radical (unpaired) electrons. The fourth-order valence-corrected chi connectivity index (χ4v) is 2.36. The van der Waals surface area contributed by atoms with Crippen LogP contribution in [0.1, 0.15) is 29.2 Å². The van der Waals surface area contributed by atoms with E-state index in [9.17, 15) is 0 Å². The maximum Gasteiger partial charge on any atom is 0.128 e. The topological polar surface area (TPSA) is 9.23 Å². The zero-order valence-corrected chi connectivity index (χ0v) is 11.9. The third-order valence-electron chi connectivity index (χ3n) is 3.42. The zero-order chi connectivity index (χ0) is 14.5. The van der Waals surface area contributed by atoms with Crippen molar-refractivity contribution in [1.29, 1.82) is 0 Å². The van der Waals surface area contributed by atoms with Crippen molar-refractivity contribution in [3.8, 4) is 5.75 Å². The molecule has 0 saturated heterocycles. The number of aryl methyl sites for hydroxylation is 1. The Bertz CT molecular complexity index is 595. The molecule has 102 valence electrons. The highest BCUT2D eigenvalue weighted by molar-refractivity contribution is 5.70. The molecule has 2 aromatic carbocycles. The second kappa shape index (κ2) is 6.25. The summed E-state index contributed by atoms with van der Waals surface area (Å²) in [6.07, 6.45) is 0.952. The molecule has 0 bridgehead atoms. The molecule has 1 atom stereocenters. The molecule has 1 unspecified atom stereocenters. The van der Waals surface area contributed by atoms with Crippen molar-refractivity contribution in [1.82, 2.24) is 0 Å². The van der Waals surface area contributed by atoms with Crippen molar-refractivity contribution < 1.29 is 4.74 Å². The molecule has 1 heteroatoms. The van der Waals surface area contributed by atoms with Gasteiger partial charge >= 0.3 is 0 Å². The van der Waals surface area contributed by atoms with E-state index < -0.39 is 0 Å². The highest BCUT2D eigenvalue weighted by Crippen LogP contribution is 2.40. The van der Waals surface area contributed by atoms with Gasteiger partial charge in [-0.05, 0) is 24.1 Å². The van der Waals surface area contributed by atoms with Crippen molar-refractivity contribution in [2.75, 3.05) is 0 Å². The van der Waals surface area contributed by atoms with Crippen molar-refractivity contribution in [2.24, 2.45) is 0 Å². The minimum atomic E-state index is 0.0907. The molecule has 0 amide bonds. The molecule has 0 saturated carbocycles. The molecular formula is C19H20O. The molecule has 3 rings (SSSR count). The maximum absolute atomic E-state index is 6.07. The van der Waals surface area contributed by atoms with Crippen LogP contribution < -0.4 is 4.74 Å². The fraction of sp³-hybridized carbons (Fsp3) is 0.158. The van der Waals surface area contributed by atoms with Gasteiger partial charge in [-0.3, -0.25) is 0 Å². The molecule has 0 aromatic heterocycles. The Morgan fingerprint density at radius 3 is 2.35 bits per heavy atom. The van der Waals surface area contributed by atoms with E-state index in [4.69, 9.17) is 4.74 Å². The molecule has 1 aliphatic rings. The van der Waals surface area contributed by atoms with Crippen LogP contribution in [0.4, 0.5) is 0 Å². The standard InChI is InChI=1S/C17H16O.C2H4/c1-12-7-9-14(10-8-12)17-11-13(2)15-5-3-4-6-16(15)18-17;1-2/h3-10,17H,2,11H2,1H3;1-2H2. The van der Waals surface area contributed by atoms with Gasteiger partial charge in [-0.1, -0.05) is 54.6 Å². The average molecular weight is 264 g/mol. The third kappa shape index (κ3) is 2.83. The number of fused-ring (bicyclic) bond motifs is 1. The molecule has 1 aliphatic heterocycles. The van der Waals surface area contributed by atoms with Crippen molar-refractivity contribution in [2.45, 2.75) is 19.4 Å². The molecule has 0 spiro atoms. The molecular weight excluding hydrogens is 244 g/mol. The van der Waals surface area contributed by atoms with E-state index in [1.165, 1.54) is 11.1 Å². The quantitative estimate of drug-likeness (QED) is 0.632. The Morgan fingerprint density at radius 1 is 1.00 bits per heavy atom. The van der Waals surface area contributed by atoms with Gasteiger partial charge in [0, 0.05) is 12.0 Å². The van der Waals surface area contributed by atoms with Gasteiger partial charge in [-0.2, -0.15) is 0 Å². The lowest BCUT2D eigenvalue weighted by atomic mass is 9.93. The van der Waals surface area contributed by atoms with E-state index >= 15 is 0 Å². The van der Waals surface area contributed by atoms with Crippen LogP contribution in [0.2, 0.25) is 0 Å². The molecule has 0 fully saturated rings. The minimum absolute atomic E-state index is 0.0907. The van der Waals surface area contributed by atoms with E-state index in [0.29, 0.717) is 0 Å². The molecule has 20 heavy (non-hydrogen) atoms. The predicted octanol–water partition coefficient (Wildman–Crippen LogP) is 5.33. The molecule has 0 N–H and O–H groups in total. The molecule has 1 nitrogen and oxygen atoms in total. The first kappa shape index (κ1) is 14.1. The summed E-state index contributed by atoms with van der Waals surface area (Å²) in [5.41, 5.74) is 4.79. The highest BCUT2D eigenvalue weighted by atomic mass is 16.5. The van der Waals surface area contributed by atoms with Gasteiger partial charge in [-0.15, -0.1) is 13.2 Å². The summed E-state index contributed by atoms with van der Waals surface area (Å²) in [5.74, 6) is 0.944. The monoisotopic (exact) mass is 264 g/mol. The Hall–Kier alpha value is -2.28. The van der Waals surface area contributed by atoms with Gasteiger partial charge in [0.1, 0.15) is 11.9 Å². The van der Waals surface area contributed by atoms with E-state index in [1.54, 1.807) is 0 Å². The number of ether oxygens (including phenoxy) is 1. The molecule has 1 heterocycles. The van der Waals surface area contributed by atoms with Gasteiger partial charge in [0.2, 0.25) is 0 Å². The summed E-state index contributed by atoms with van der Waals surface area (Å²) in [6, 6.07) is 16.7. The van der Waals surface area contributed by atoms with E-state index in [1.807, 2.05) is 18.2 Å². The summed E-state index contributed by atoms with van der Waals surface area (Å²) in [7, 11) is 0. The Morgan fingerprint density at radius 2 is 1.65 bits per heavy atom. The summed E-state index contributed by atoms with van der Waals surface area (Å²) in [5, 5.41) is 0. The lowest BCUT2D eigenvalue weighted by Gasteiger charge is -2.28. The Balaban J connectivity index is 0.000000704. The SMILES string of the molecule is C=C.C=C1CC(c2ccc(C)cc2)Oc2ccccc21. The van der Waals surface area contributed by atoms with Crippen LogP contribution in [0.5, 0.6) is 5.75 Å². The summed E-state index contributed by atoms with van der Waals surface area (Å²) >= 11 is 0. The summed E-state index contributed by atoms with van der Waals surface area (Å²) in [6.45, 7) is 12.3. The van der Waals surface area contributed by atoms with Gasteiger partial charge < -0.3 is 4.74 Å². The first-order valence-corrected chi connectivity index (χ1v) is 6.74. The lowest BCUT2D eigenvalue weighted by molar-refractivity contribution is 0.202. The van der Waals surface area contributed by atoms with Crippen molar-refractivity contribution in [3.05, 3.63) is 85.0 Å². The normalized spacial score (nSPS) is 16.4. The van der Waals surface area contributed by atoms with E-state index in [2.05, 4.69) is 57.0 Å². The second-order valence-corrected chi connectivity index (χ2v) is 4.82. The van der Waals surface area contributed by atoms with Gasteiger partial charge in [0.05, 0.1) is 0 Å². The highest BCUT2D eigenvalue weighted by Gasteiger charge is 2.23. The first-order valence-electron chi connectivity index (χ1n) is 6.74. The number of hydrogen-bond donors (Lipinski definition) is 0. The molecule has 2 aromatic rings. The maximum atomic E-state index is 6.07. The third-order valence-corrected chi connectivity index (χ3v) is 3.42. The largest absolute Gasteiger partial charge is 0.485 e. The minimum Gasteiger partial charge on any atom is -0.485 e. The smallest absolute Gasteiger partial charge is 0.128 e. The number of hydrogen-bond acceptors (Lipinski definition) is 1. The van der Waals surface area contributed by atoms with Crippen LogP contribution in [0.25, 0.3) is 5.57 Å². The van der Waals surface area contributed by atoms with Crippen LogP contribution in [0, 0.1) is 6.92 Å². The summed E-state index contributed by atoms with van der Waals surface area (Å²) < 4.78 is 6.07. The lowest BCUT2D eigenvalue weighted by Crippen LogP contribution is -2.14. The Labute approximate surface area is 121 Å². The number of rotatable bonds is 1. The van der Waals surface area contributed by atoms with Crippen LogP contribution in [0.15, 0.2) is 68.3 Å². The molecule has 0 aliphatic carbocycles. The van der Waals surface area contributed by atoms with Crippen molar-refractivity contribution in [3.63, 3.8) is 0 Å². The van der Waals surface area contributed by atoms with Crippen LogP contribution in [-0.2, 0) is 0 Å². The van der Waals surface area contributed by atoms with Gasteiger partial charge in [0.15, 0.2) is 0 Å². The fourth-order valence-electron chi connectivity index (χ4n) is 2.36. The van der Waals surface area contributed by atoms with E-state index in [-0.39, 0.29) is 6.10 Å². The van der Waals surface area contributed by atoms with Gasteiger partial charge in [-0.25, -0.2) is 0 Å². The van der Waals surface area contributed by atoms with Crippen LogP contribution in [0.3, 0.4) is 0 Å². The van der Waals surface area contributed by atoms with Gasteiger partial charge in [0.25, 0.3) is 0 Å². The first-order chi connectivity index (χ1) is 9.74. The van der Waals surface area contributed by atoms with E-state index in [0.717, 1.165) is 23.3 Å². The second-order valence-electron chi connectivity index (χ2n) is 4.82. The Kier molecular flexibility index (Phi) is 4.41. The zero-order valence-electron chi connectivity index (χ0n) is 11.9.